The summed E-state index contributed by atoms with van der Waals surface area (Å²) in [7, 11) is 1.35. The highest BCUT2D eigenvalue weighted by Gasteiger charge is 2.87. The number of methoxy groups -OCH3 is 1. The smallest absolute Gasteiger partial charge is 0.338 e. The van der Waals surface area contributed by atoms with Gasteiger partial charge in [-0.1, -0.05) is 13.8 Å². The summed E-state index contributed by atoms with van der Waals surface area (Å²) in [5.41, 5.74) is -4.64. The molecular formula is C40H44O14. The van der Waals surface area contributed by atoms with Crippen LogP contribution in [0.5, 0.6) is 0 Å². The van der Waals surface area contributed by atoms with E-state index in [1.54, 1.807) is 6.92 Å². The second-order valence-corrected chi connectivity index (χ2v) is 17.8. The van der Waals surface area contributed by atoms with Crippen LogP contribution in [0.3, 0.4) is 0 Å². The fourth-order valence-electron chi connectivity index (χ4n) is 13.4. The largest absolute Gasteiger partial charge is 0.461 e. The topological polar surface area (TPSA) is 201 Å². The Balaban J connectivity index is 1.22. The van der Waals surface area contributed by atoms with Crippen molar-refractivity contribution in [1.29, 1.82) is 0 Å². The van der Waals surface area contributed by atoms with Crippen molar-refractivity contribution in [3.8, 4) is 0 Å². The van der Waals surface area contributed by atoms with Gasteiger partial charge in [0.25, 0.3) is 5.79 Å². The third kappa shape index (κ3) is 3.70. The molecule has 14 heteroatoms. The van der Waals surface area contributed by atoms with Crippen LogP contribution in [-0.4, -0.2) is 101 Å². The summed E-state index contributed by atoms with van der Waals surface area (Å²) in [6, 6.07) is 0. The fourth-order valence-corrected chi connectivity index (χ4v) is 13.4. The first-order valence-electron chi connectivity index (χ1n) is 19.0. The first-order chi connectivity index (χ1) is 25.5. The van der Waals surface area contributed by atoms with E-state index in [9.17, 15) is 39.3 Å². The number of rotatable bonds is 1. The Labute approximate surface area is 310 Å². The van der Waals surface area contributed by atoms with Crippen LogP contribution in [0.4, 0.5) is 0 Å². The van der Waals surface area contributed by atoms with Crippen LogP contribution >= 0.6 is 0 Å². The summed E-state index contributed by atoms with van der Waals surface area (Å²) in [6.45, 7) is 5.97. The third-order valence-corrected chi connectivity index (χ3v) is 15.9. The minimum absolute atomic E-state index is 0.0545. The van der Waals surface area contributed by atoms with Crippen molar-refractivity contribution in [3.05, 3.63) is 45.1 Å². The van der Waals surface area contributed by atoms with Crippen LogP contribution in [0.25, 0.3) is 0 Å². The Morgan fingerprint density at radius 2 is 1.52 bits per heavy atom. The summed E-state index contributed by atoms with van der Waals surface area (Å²) in [6.07, 6.45) is 0.814. The molecule has 3 N–H and O–H groups in total. The minimum Gasteiger partial charge on any atom is -0.461 e. The minimum atomic E-state index is -1.97. The van der Waals surface area contributed by atoms with Gasteiger partial charge < -0.3 is 43.7 Å². The lowest BCUT2D eigenvalue weighted by Crippen LogP contribution is -2.69. The Morgan fingerprint density at radius 3 is 2.24 bits per heavy atom. The van der Waals surface area contributed by atoms with Crippen molar-refractivity contribution in [3.63, 3.8) is 0 Å². The highest BCUT2D eigenvalue weighted by atomic mass is 16.7. The number of esters is 5. The van der Waals surface area contributed by atoms with Crippen LogP contribution in [0, 0.1) is 46.3 Å². The van der Waals surface area contributed by atoms with Gasteiger partial charge in [0, 0.05) is 46.7 Å². The van der Waals surface area contributed by atoms with Crippen LogP contribution in [0.15, 0.2) is 45.1 Å². The molecule has 0 aromatic heterocycles. The quantitative estimate of drug-likeness (QED) is 0.258. The monoisotopic (exact) mass is 748 g/mol. The number of hydrogen-bond donors (Lipinski definition) is 3. The Kier molecular flexibility index (Phi) is 6.61. The Morgan fingerprint density at radius 1 is 0.815 bits per heavy atom. The highest BCUT2D eigenvalue weighted by Crippen LogP contribution is 2.85. The lowest BCUT2D eigenvalue weighted by atomic mass is 9.42. The van der Waals surface area contributed by atoms with Gasteiger partial charge in [0.15, 0.2) is 5.60 Å². The zero-order valence-electron chi connectivity index (χ0n) is 30.8. The van der Waals surface area contributed by atoms with Gasteiger partial charge in [0.05, 0.1) is 24.0 Å². The normalized spacial score (nSPS) is 50.9. The molecule has 1 spiro atoms. The van der Waals surface area contributed by atoms with Gasteiger partial charge in [-0.15, -0.1) is 0 Å². The summed E-state index contributed by atoms with van der Waals surface area (Å²) < 4.78 is 35.4. The second-order valence-electron chi connectivity index (χ2n) is 17.8. The van der Waals surface area contributed by atoms with Crippen molar-refractivity contribution >= 4 is 29.8 Å². The summed E-state index contributed by atoms with van der Waals surface area (Å²) in [5.74, 6) is -7.65. The lowest BCUT2D eigenvalue weighted by molar-refractivity contribution is -0.256. The van der Waals surface area contributed by atoms with E-state index in [1.807, 2.05) is 6.92 Å². The SMILES string of the molecule is CO[C@]12OC(=O)C(C)=C1C1=C3[C@](C)([C@@H]4C[C@@H]4[C@@]3(O)C[C@@H]3[C@]14OC(=O)C1=C4C[C@H]4[C@](O)(COC(=O)/C(C)=C/COC(=O)CCC(=O)OC1)[C@H]1C[C@H]1[C@]34C)[C@H]2O. The fraction of sp³-hybridized carbons (Fsp3) is 0.675. The van der Waals surface area contributed by atoms with Gasteiger partial charge >= 0.3 is 29.8 Å². The summed E-state index contributed by atoms with van der Waals surface area (Å²) in [4.78, 5) is 66.7. The van der Waals surface area contributed by atoms with E-state index in [0.717, 1.165) is 0 Å². The highest BCUT2D eigenvalue weighted by molar-refractivity contribution is 5.98. The number of carbonyl (C=O) groups excluding carboxylic acids is 5. The molecule has 7 aliphatic carbocycles. The summed E-state index contributed by atoms with van der Waals surface area (Å²) in [5, 5.41) is 38.3. The summed E-state index contributed by atoms with van der Waals surface area (Å²) >= 11 is 0. The molecule has 0 aromatic carbocycles. The van der Waals surface area contributed by atoms with Gasteiger partial charge in [-0.3, -0.25) is 9.59 Å². The molecule has 13 atom stereocenters. The van der Waals surface area contributed by atoms with Gasteiger partial charge in [0.2, 0.25) is 0 Å². The predicted molar refractivity (Wildman–Crippen MR) is 179 cm³/mol. The molecule has 0 unspecified atom stereocenters. The Bertz CT molecular complexity index is 2040. The lowest BCUT2D eigenvalue weighted by Gasteiger charge is -2.64. The van der Waals surface area contributed by atoms with E-state index < -0.39 is 87.8 Å². The average Bonchev–Trinajstić information content (AvgIpc) is 4.04. The number of hydrogen-bond acceptors (Lipinski definition) is 14. The molecule has 0 radical (unpaired) electrons. The number of cyclic esters (lactones) is 3. The first-order valence-corrected chi connectivity index (χ1v) is 19.0. The molecule has 3 aliphatic heterocycles. The van der Waals surface area contributed by atoms with E-state index in [2.05, 4.69) is 6.92 Å². The number of ether oxygens (including phenoxy) is 6. The van der Waals surface area contributed by atoms with Gasteiger partial charge in [0.1, 0.15) is 31.5 Å². The van der Waals surface area contributed by atoms with Crippen LogP contribution in [-0.2, 0) is 52.4 Å². The molecule has 5 saturated carbocycles. The zero-order valence-corrected chi connectivity index (χ0v) is 30.8. The van der Waals surface area contributed by atoms with E-state index in [4.69, 9.17) is 28.4 Å². The molecule has 2 bridgehead atoms. The van der Waals surface area contributed by atoms with E-state index >= 15 is 0 Å². The molecule has 10 aliphatic rings. The molecule has 54 heavy (non-hydrogen) atoms. The maximum absolute atomic E-state index is 14.5. The molecule has 0 saturated heterocycles. The number of aliphatic hydroxyl groups excluding tert-OH is 1. The van der Waals surface area contributed by atoms with Crippen molar-refractivity contribution in [2.24, 2.45) is 46.3 Å². The maximum Gasteiger partial charge on any atom is 0.338 e. The maximum atomic E-state index is 14.5. The molecule has 0 aromatic rings. The molecule has 14 nitrogen and oxygen atoms in total. The standard InChI is InChI=1S/C40H44O14/c1-16-8-9-50-26(41)6-7-27(42)51-14-18-19-12-24-35(3,20-10-23(20)38(24,48)15-52-31(16)43)25-13-37(47)22-11-21(22)36(4)30(37)29(39(19,25)53-33(18)45)28-17(2)32(44)54-40(28,49-5)34(36)46/h8,20-25,34,46-48H,6-7,9-15H2,1-5H3/b16-8+/t20-,21-,22+,23+,24-,25+,34-,35+,36+,37+,38+,39+,40+/m1/s1. The van der Waals surface area contributed by atoms with E-state index in [-0.39, 0.29) is 84.9 Å². The van der Waals surface area contributed by atoms with Crippen molar-refractivity contribution in [1.82, 2.24) is 0 Å². The number of carbonyl (C=O) groups is 5. The van der Waals surface area contributed by atoms with Crippen LogP contribution in [0.2, 0.25) is 0 Å². The molecule has 5 fully saturated rings. The van der Waals surface area contributed by atoms with E-state index in [1.165, 1.54) is 20.1 Å². The Hall–Kier alpha value is -3.85. The number of aliphatic hydroxyl groups is 3. The van der Waals surface area contributed by atoms with E-state index in [0.29, 0.717) is 29.6 Å². The molecule has 288 valence electrons. The molecule has 3 heterocycles. The number of fused-ring (bicyclic) bond motifs is 9. The second kappa shape index (κ2) is 10.3. The van der Waals surface area contributed by atoms with Crippen molar-refractivity contribution in [2.75, 3.05) is 26.9 Å². The van der Waals surface area contributed by atoms with Crippen molar-refractivity contribution < 1.29 is 67.7 Å². The van der Waals surface area contributed by atoms with Crippen LogP contribution < -0.4 is 0 Å². The third-order valence-electron chi connectivity index (χ3n) is 15.9. The molecule has 10 rings (SSSR count). The zero-order chi connectivity index (χ0) is 38.3. The average molecular weight is 749 g/mol. The molecule has 0 amide bonds. The first kappa shape index (κ1) is 34.6. The van der Waals surface area contributed by atoms with Gasteiger partial charge in [-0.2, -0.15) is 0 Å². The van der Waals surface area contributed by atoms with Gasteiger partial charge in [-0.05, 0) is 85.8 Å². The predicted octanol–water partition coefficient (Wildman–Crippen LogP) is 1.65. The van der Waals surface area contributed by atoms with Crippen molar-refractivity contribution in [2.45, 2.75) is 94.9 Å². The molecular weight excluding hydrogens is 704 g/mol. The van der Waals surface area contributed by atoms with Gasteiger partial charge in [-0.25, -0.2) is 14.4 Å². The van der Waals surface area contributed by atoms with Crippen LogP contribution in [0.1, 0.15) is 66.2 Å².